The summed E-state index contributed by atoms with van der Waals surface area (Å²) in [6.07, 6.45) is 11.0. The van der Waals surface area contributed by atoms with Crippen molar-refractivity contribution in [3.63, 3.8) is 0 Å². The van der Waals surface area contributed by atoms with Gasteiger partial charge in [0, 0.05) is 32.5 Å². The topological polar surface area (TPSA) is 49.4 Å². The van der Waals surface area contributed by atoms with Crippen LogP contribution in [-0.4, -0.2) is 36.3 Å². The van der Waals surface area contributed by atoms with Crippen molar-refractivity contribution in [3.8, 4) is 0 Å². The number of unbranched alkanes of at least 4 members (excludes halogenated alkanes) is 5. The minimum atomic E-state index is 0.104. The van der Waals surface area contributed by atoms with Crippen LogP contribution in [0.5, 0.6) is 0 Å². The molecule has 0 fully saturated rings. The molecule has 0 bridgehead atoms. The maximum Gasteiger partial charge on any atom is 0.222 e. The molecule has 0 saturated carbocycles. The molecular formula is C18H32N2O2. The zero-order valence-electron chi connectivity index (χ0n) is 14.1. The van der Waals surface area contributed by atoms with E-state index in [-0.39, 0.29) is 11.8 Å². The molecule has 0 aromatic rings. The summed E-state index contributed by atoms with van der Waals surface area (Å²) in [5.41, 5.74) is 0. The van der Waals surface area contributed by atoms with Crippen molar-refractivity contribution >= 4 is 11.8 Å². The van der Waals surface area contributed by atoms with Crippen LogP contribution in [0.15, 0.2) is 25.3 Å². The third kappa shape index (κ3) is 11.1. The fourth-order valence-corrected chi connectivity index (χ4v) is 2.26. The van der Waals surface area contributed by atoms with Gasteiger partial charge in [-0.25, -0.2) is 0 Å². The molecular weight excluding hydrogens is 276 g/mol. The van der Waals surface area contributed by atoms with Gasteiger partial charge in [-0.15, -0.1) is 13.2 Å². The minimum absolute atomic E-state index is 0.104. The minimum Gasteiger partial charge on any atom is -0.353 e. The Morgan fingerprint density at radius 3 is 2.09 bits per heavy atom. The first kappa shape index (κ1) is 20.4. The molecule has 0 saturated heterocycles. The van der Waals surface area contributed by atoms with Crippen LogP contribution in [0.3, 0.4) is 0 Å². The molecule has 1 N–H and O–H groups in total. The van der Waals surface area contributed by atoms with E-state index in [0.717, 1.165) is 45.1 Å². The summed E-state index contributed by atoms with van der Waals surface area (Å²) in [7, 11) is 0. The van der Waals surface area contributed by atoms with Gasteiger partial charge in [-0.3, -0.25) is 9.59 Å². The number of carbonyl (C=O) groups is 2. The number of carbonyl (C=O) groups excluding carboxylic acids is 2. The number of likely N-dealkylation sites (N-methyl/N-ethyl adjacent to an activating group) is 1. The van der Waals surface area contributed by atoms with Gasteiger partial charge in [-0.2, -0.15) is 0 Å². The summed E-state index contributed by atoms with van der Waals surface area (Å²) in [4.78, 5) is 25.1. The lowest BCUT2D eigenvalue weighted by molar-refractivity contribution is -0.130. The number of hydrogen-bond donors (Lipinski definition) is 1. The fraction of sp³-hybridized carbons (Fsp3) is 0.667. The molecule has 0 aliphatic rings. The molecule has 126 valence electrons. The highest BCUT2D eigenvalue weighted by molar-refractivity contribution is 5.76. The van der Waals surface area contributed by atoms with Gasteiger partial charge in [0.05, 0.1) is 0 Å². The zero-order chi connectivity index (χ0) is 16.6. The predicted octanol–water partition coefficient (Wildman–Crippen LogP) is 3.44. The number of rotatable bonds is 14. The Morgan fingerprint density at radius 1 is 0.955 bits per heavy atom. The molecule has 0 aromatic carbocycles. The lowest BCUT2D eigenvalue weighted by Crippen LogP contribution is -2.30. The average Bonchev–Trinajstić information content (AvgIpc) is 2.52. The third-order valence-electron chi connectivity index (χ3n) is 3.57. The number of nitrogens with zero attached hydrogens (tertiary/aromatic N) is 1. The number of amides is 2. The number of hydrogen-bond acceptors (Lipinski definition) is 2. The SMILES string of the molecule is C=CCNC(=O)CCCCCCCCC(=O)N(CC)CC=C. The van der Waals surface area contributed by atoms with Crippen molar-refractivity contribution in [2.24, 2.45) is 0 Å². The van der Waals surface area contributed by atoms with Crippen molar-refractivity contribution < 1.29 is 9.59 Å². The van der Waals surface area contributed by atoms with Crippen LogP contribution in [0.4, 0.5) is 0 Å². The normalized spacial score (nSPS) is 10.0. The van der Waals surface area contributed by atoms with E-state index >= 15 is 0 Å². The predicted molar refractivity (Wildman–Crippen MR) is 92.6 cm³/mol. The Labute approximate surface area is 135 Å². The van der Waals surface area contributed by atoms with E-state index in [1.54, 1.807) is 12.2 Å². The first-order valence-electron chi connectivity index (χ1n) is 8.42. The van der Waals surface area contributed by atoms with Crippen LogP contribution in [0.25, 0.3) is 0 Å². The third-order valence-corrected chi connectivity index (χ3v) is 3.57. The molecule has 0 spiro atoms. The summed E-state index contributed by atoms with van der Waals surface area (Å²) >= 11 is 0. The van der Waals surface area contributed by atoms with Crippen molar-refractivity contribution in [2.45, 2.75) is 58.3 Å². The van der Waals surface area contributed by atoms with Crippen LogP contribution >= 0.6 is 0 Å². The summed E-state index contributed by atoms with van der Waals surface area (Å²) in [6.45, 7) is 11.2. The summed E-state index contributed by atoms with van der Waals surface area (Å²) in [5, 5.41) is 2.78. The van der Waals surface area contributed by atoms with Crippen molar-refractivity contribution in [1.29, 1.82) is 0 Å². The second kappa shape index (κ2) is 14.4. The van der Waals surface area contributed by atoms with Crippen molar-refractivity contribution in [1.82, 2.24) is 10.2 Å². The molecule has 4 nitrogen and oxygen atoms in total. The summed E-state index contributed by atoms with van der Waals surface area (Å²) < 4.78 is 0. The maximum absolute atomic E-state index is 11.9. The Morgan fingerprint density at radius 2 is 1.55 bits per heavy atom. The van der Waals surface area contributed by atoms with Gasteiger partial charge in [-0.1, -0.05) is 37.8 Å². The fourth-order valence-electron chi connectivity index (χ4n) is 2.26. The summed E-state index contributed by atoms with van der Waals surface area (Å²) in [5.74, 6) is 0.327. The molecule has 0 aliphatic heterocycles. The summed E-state index contributed by atoms with van der Waals surface area (Å²) in [6, 6.07) is 0. The van der Waals surface area contributed by atoms with Gasteiger partial charge in [-0.05, 0) is 19.8 Å². The van der Waals surface area contributed by atoms with Crippen LogP contribution in [-0.2, 0) is 9.59 Å². The maximum atomic E-state index is 11.9. The Bertz CT molecular complexity index is 340. The van der Waals surface area contributed by atoms with E-state index in [4.69, 9.17) is 0 Å². The molecule has 22 heavy (non-hydrogen) atoms. The molecule has 0 aromatic heterocycles. The van der Waals surface area contributed by atoms with E-state index in [1.807, 2.05) is 11.8 Å². The molecule has 0 heterocycles. The van der Waals surface area contributed by atoms with Gasteiger partial charge >= 0.3 is 0 Å². The van der Waals surface area contributed by atoms with Gasteiger partial charge in [0.1, 0.15) is 0 Å². The van der Waals surface area contributed by atoms with Gasteiger partial charge in [0.15, 0.2) is 0 Å². The number of nitrogens with one attached hydrogen (secondary N) is 1. The first-order valence-corrected chi connectivity index (χ1v) is 8.42. The van der Waals surface area contributed by atoms with E-state index < -0.39 is 0 Å². The molecule has 0 radical (unpaired) electrons. The molecule has 0 atom stereocenters. The average molecular weight is 308 g/mol. The highest BCUT2D eigenvalue weighted by Crippen LogP contribution is 2.09. The van der Waals surface area contributed by atoms with Gasteiger partial charge in [0.2, 0.25) is 11.8 Å². The Hall–Kier alpha value is -1.58. The molecule has 0 rings (SSSR count). The standard InChI is InChI=1S/C18H32N2O2/c1-4-15-19-17(21)13-11-9-7-8-10-12-14-18(22)20(6-3)16-5-2/h4-5H,1-2,6-16H2,3H3,(H,19,21). The Balaban J connectivity index is 3.46. The molecule has 0 unspecified atom stereocenters. The second-order valence-electron chi connectivity index (χ2n) is 5.44. The monoisotopic (exact) mass is 308 g/mol. The Kier molecular flexibility index (Phi) is 13.3. The zero-order valence-corrected chi connectivity index (χ0v) is 14.1. The lowest BCUT2D eigenvalue weighted by Gasteiger charge is -2.18. The smallest absolute Gasteiger partial charge is 0.222 e. The second-order valence-corrected chi connectivity index (χ2v) is 5.44. The van der Waals surface area contributed by atoms with Crippen molar-refractivity contribution in [3.05, 3.63) is 25.3 Å². The molecule has 0 aliphatic carbocycles. The highest BCUT2D eigenvalue weighted by atomic mass is 16.2. The van der Waals surface area contributed by atoms with Crippen LogP contribution < -0.4 is 5.32 Å². The highest BCUT2D eigenvalue weighted by Gasteiger charge is 2.08. The van der Waals surface area contributed by atoms with Crippen LogP contribution in [0, 0.1) is 0 Å². The van der Waals surface area contributed by atoms with E-state index in [1.165, 1.54) is 0 Å². The molecule has 2 amide bonds. The van der Waals surface area contributed by atoms with E-state index in [2.05, 4.69) is 18.5 Å². The largest absolute Gasteiger partial charge is 0.353 e. The quantitative estimate of drug-likeness (QED) is 0.395. The van der Waals surface area contributed by atoms with E-state index in [9.17, 15) is 9.59 Å². The van der Waals surface area contributed by atoms with Gasteiger partial charge < -0.3 is 10.2 Å². The van der Waals surface area contributed by atoms with Crippen molar-refractivity contribution in [2.75, 3.05) is 19.6 Å². The molecule has 4 heteroatoms. The van der Waals surface area contributed by atoms with Crippen LogP contribution in [0.1, 0.15) is 58.3 Å². The van der Waals surface area contributed by atoms with Gasteiger partial charge in [0.25, 0.3) is 0 Å². The van der Waals surface area contributed by atoms with E-state index in [0.29, 0.717) is 25.9 Å². The van der Waals surface area contributed by atoms with Crippen LogP contribution in [0.2, 0.25) is 0 Å². The lowest BCUT2D eigenvalue weighted by atomic mass is 10.1. The first-order chi connectivity index (χ1) is 10.7.